The third-order valence-electron chi connectivity index (χ3n) is 2.53. The molecule has 0 aliphatic carbocycles. The standard InChI is InChI=1S/C11H24N4O2/c1-13-10(16)5-8-14(2)9-11(17)15(3)7-4-6-12/h4-9,12H2,1-3H3,(H,13,16). The molecule has 0 bridgehead atoms. The summed E-state index contributed by atoms with van der Waals surface area (Å²) in [5, 5.41) is 2.55. The van der Waals surface area contributed by atoms with Gasteiger partial charge in [-0.25, -0.2) is 0 Å². The van der Waals surface area contributed by atoms with Crippen LogP contribution in [0, 0.1) is 0 Å². The molecule has 0 spiro atoms. The lowest BCUT2D eigenvalue weighted by Crippen LogP contribution is -2.38. The Kier molecular flexibility index (Phi) is 8.35. The smallest absolute Gasteiger partial charge is 0.236 e. The fraction of sp³-hybridized carbons (Fsp3) is 0.818. The quantitative estimate of drug-likeness (QED) is 0.566. The summed E-state index contributed by atoms with van der Waals surface area (Å²) in [5.41, 5.74) is 5.38. The molecule has 0 aromatic heterocycles. The van der Waals surface area contributed by atoms with Crippen LogP contribution >= 0.6 is 0 Å². The molecule has 0 heterocycles. The van der Waals surface area contributed by atoms with Crippen molar-refractivity contribution in [1.29, 1.82) is 0 Å². The minimum Gasteiger partial charge on any atom is -0.359 e. The summed E-state index contributed by atoms with van der Waals surface area (Å²) < 4.78 is 0. The van der Waals surface area contributed by atoms with Gasteiger partial charge in [0.1, 0.15) is 0 Å². The van der Waals surface area contributed by atoms with E-state index in [0.29, 0.717) is 32.6 Å². The molecule has 0 aromatic carbocycles. The number of hydrogen-bond donors (Lipinski definition) is 2. The van der Waals surface area contributed by atoms with Crippen molar-refractivity contribution in [2.45, 2.75) is 12.8 Å². The zero-order chi connectivity index (χ0) is 13.3. The van der Waals surface area contributed by atoms with Gasteiger partial charge in [0.25, 0.3) is 0 Å². The maximum atomic E-state index is 11.7. The molecule has 0 unspecified atom stereocenters. The largest absolute Gasteiger partial charge is 0.359 e. The molecule has 0 radical (unpaired) electrons. The number of amides is 2. The lowest BCUT2D eigenvalue weighted by Gasteiger charge is -2.21. The van der Waals surface area contributed by atoms with Gasteiger partial charge in [-0.2, -0.15) is 0 Å². The Morgan fingerprint density at radius 3 is 2.41 bits per heavy atom. The summed E-state index contributed by atoms with van der Waals surface area (Å²) in [4.78, 5) is 26.3. The van der Waals surface area contributed by atoms with Crippen molar-refractivity contribution in [2.24, 2.45) is 5.73 Å². The Hall–Kier alpha value is -1.14. The van der Waals surface area contributed by atoms with Gasteiger partial charge in [-0.05, 0) is 20.0 Å². The van der Waals surface area contributed by atoms with E-state index < -0.39 is 0 Å². The summed E-state index contributed by atoms with van der Waals surface area (Å²) in [6.45, 7) is 2.18. The summed E-state index contributed by atoms with van der Waals surface area (Å²) in [5.74, 6) is 0.0404. The predicted molar refractivity (Wildman–Crippen MR) is 67.5 cm³/mol. The number of carbonyl (C=O) groups excluding carboxylic acids is 2. The second kappa shape index (κ2) is 8.95. The van der Waals surface area contributed by atoms with Gasteiger partial charge < -0.3 is 16.0 Å². The maximum Gasteiger partial charge on any atom is 0.236 e. The van der Waals surface area contributed by atoms with Crippen LogP contribution in [0.5, 0.6) is 0 Å². The normalized spacial score (nSPS) is 10.4. The summed E-state index contributed by atoms with van der Waals surface area (Å²) in [6, 6.07) is 0. The molecule has 3 N–H and O–H groups in total. The first kappa shape index (κ1) is 15.9. The third kappa shape index (κ3) is 7.70. The summed E-state index contributed by atoms with van der Waals surface area (Å²) in [6.07, 6.45) is 1.22. The summed E-state index contributed by atoms with van der Waals surface area (Å²) in [7, 11) is 5.20. The number of carbonyl (C=O) groups is 2. The topological polar surface area (TPSA) is 78.7 Å². The molecule has 17 heavy (non-hydrogen) atoms. The Balaban J connectivity index is 3.82. The van der Waals surface area contributed by atoms with Crippen LogP contribution in [0.4, 0.5) is 0 Å². The lowest BCUT2D eigenvalue weighted by atomic mass is 10.3. The molecule has 0 aromatic rings. The van der Waals surface area contributed by atoms with Crippen LogP contribution in [0.3, 0.4) is 0 Å². The maximum absolute atomic E-state index is 11.7. The fourth-order valence-corrected chi connectivity index (χ4v) is 1.30. The van der Waals surface area contributed by atoms with Gasteiger partial charge in [0.15, 0.2) is 0 Å². The third-order valence-corrected chi connectivity index (χ3v) is 2.53. The van der Waals surface area contributed by atoms with Gasteiger partial charge in [0.2, 0.25) is 11.8 Å². The number of likely N-dealkylation sites (N-methyl/N-ethyl adjacent to an activating group) is 2. The average molecular weight is 244 g/mol. The molecule has 0 rings (SSSR count). The van der Waals surface area contributed by atoms with Crippen LogP contribution in [-0.2, 0) is 9.59 Å². The highest BCUT2D eigenvalue weighted by atomic mass is 16.2. The summed E-state index contributed by atoms with van der Waals surface area (Å²) >= 11 is 0. The second-order valence-electron chi connectivity index (χ2n) is 4.12. The first-order valence-corrected chi connectivity index (χ1v) is 5.84. The average Bonchev–Trinajstić information content (AvgIpc) is 2.32. The molecule has 6 nitrogen and oxygen atoms in total. The van der Waals surface area contributed by atoms with Crippen LogP contribution in [0.25, 0.3) is 0 Å². The van der Waals surface area contributed by atoms with Crippen LogP contribution < -0.4 is 11.1 Å². The van der Waals surface area contributed by atoms with Gasteiger partial charge in [-0.15, -0.1) is 0 Å². The highest BCUT2D eigenvalue weighted by Gasteiger charge is 2.11. The van der Waals surface area contributed by atoms with Gasteiger partial charge in [0, 0.05) is 33.6 Å². The second-order valence-corrected chi connectivity index (χ2v) is 4.12. The number of rotatable bonds is 8. The van der Waals surface area contributed by atoms with Gasteiger partial charge in [-0.3, -0.25) is 14.5 Å². The number of nitrogens with zero attached hydrogens (tertiary/aromatic N) is 2. The monoisotopic (exact) mass is 244 g/mol. The first-order valence-electron chi connectivity index (χ1n) is 5.84. The van der Waals surface area contributed by atoms with E-state index in [-0.39, 0.29) is 11.8 Å². The minimum atomic E-state index is -0.0132. The van der Waals surface area contributed by atoms with E-state index in [2.05, 4.69) is 5.32 Å². The predicted octanol–water partition coefficient (Wildman–Crippen LogP) is -1.14. The molecule has 0 saturated heterocycles. The fourth-order valence-electron chi connectivity index (χ4n) is 1.30. The first-order chi connectivity index (χ1) is 8.01. The molecule has 100 valence electrons. The van der Waals surface area contributed by atoms with Crippen molar-refractivity contribution >= 4 is 11.8 Å². The zero-order valence-electron chi connectivity index (χ0n) is 11.0. The molecule has 0 aliphatic heterocycles. The molecular formula is C11H24N4O2. The van der Waals surface area contributed by atoms with E-state index in [4.69, 9.17) is 5.73 Å². The van der Waals surface area contributed by atoms with Gasteiger partial charge >= 0.3 is 0 Å². The minimum absolute atomic E-state index is 0.0132. The Morgan fingerprint density at radius 2 is 1.88 bits per heavy atom. The van der Waals surface area contributed by atoms with Crippen LogP contribution in [0.1, 0.15) is 12.8 Å². The Labute approximate surface area is 103 Å². The molecule has 0 fully saturated rings. The van der Waals surface area contributed by atoms with Crippen molar-refractivity contribution < 1.29 is 9.59 Å². The number of hydrogen-bond acceptors (Lipinski definition) is 4. The number of nitrogens with one attached hydrogen (secondary N) is 1. The van der Waals surface area contributed by atoms with Crippen molar-refractivity contribution in [2.75, 3.05) is 47.3 Å². The molecule has 0 saturated carbocycles. The molecular weight excluding hydrogens is 220 g/mol. The van der Waals surface area contributed by atoms with Crippen molar-refractivity contribution in [3.8, 4) is 0 Å². The molecule has 0 atom stereocenters. The van der Waals surface area contributed by atoms with E-state index in [1.165, 1.54) is 0 Å². The van der Waals surface area contributed by atoms with E-state index >= 15 is 0 Å². The van der Waals surface area contributed by atoms with Gasteiger partial charge in [-0.1, -0.05) is 0 Å². The SMILES string of the molecule is CNC(=O)CCN(C)CC(=O)N(C)CCCN. The highest BCUT2D eigenvalue weighted by molar-refractivity contribution is 5.78. The van der Waals surface area contributed by atoms with E-state index in [9.17, 15) is 9.59 Å². The Morgan fingerprint density at radius 1 is 1.24 bits per heavy atom. The van der Waals surface area contributed by atoms with Crippen LogP contribution in [0.15, 0.2) is 0 Å². The lowest BCUT2D eigenvalue weighted by molar-refractivity contribution is -0.131. The van der Waals surface area contributed by atoms with Crippen molar-refractivity contribution in [1.82, 2.24) is 15.1 Å². The van der Waals surface area contributed by atoms with E-state index in [1.807, 2.05) is 11.9 Å². The molecule has 0 aliphatic rings. The van der Waals surface area contributed by atoms with Crippen LogP contribution in [-0.4, -0.2) is 68.9 Å². The van der Waals surface area contributed by atoms with E-state index in [1.54, 1.807) is 19.0 Å². The molecule has 6 heteroatoms. The van der Waals surface area contributed by atoms with Crippen molar-refractivity contribution in [3.63, 3.8) is 0 Å². The van der Waals surface area contributed by atoms with Crippen LogP contribution in [0.2, 0.25) is 0 Å². The highest BCUT2D eigenvalue weighted by Crippen LogP contribution is 1.93. The Bertz CT molecular complexity index is 246. The number of nitrogens with two attached hydrogens (primary N) is 1. The van der Waals surface area contributed by atoms with Gasteiger partial charge in [0.05, 0.1) is 6.54 Å². The molecule has 2 amide bonds. The van der Waals surface area contributed by atoms with Crippen molar-refractivity contribution in [3.05, 3.63) is 0 Å². The van der Waals surface area contributed by atoms with E-state index in [0.717, 1.165) is 6.42 Å². The zero-order valence-corrected chi connectivity index (χ0v) is 11.0.